The van der Waals surface area contributed by atoms with Crippen molar-refractivity contribution >= 4 is 17.5 Å². The number of nitrogens with zero attached hydrogens (tertiary/aromatic N) is 1. The van der Waals surface area contributed by atoms with Gasteiger partial charge in [0.15, 0.2) is 5.78 Å². The number of aryl methyl sites for hydroxylation is 3. The molecule has 1 aliphatic heterocycles. The minimum Gasteiger partial charge on any atom is -0.295 e. The lowest BCUT2D eigenvalue weighted by Gasteiger charge is -2.22. The maximum absolute atomic E-state index is 12.7. The molecule has 0 radical (unpaired) electrons. The Labute approximate surface area is 133 Å². The molecule has 0 aliphatic carbocycles. The predicted molar refractivity (Wildman–Crippen MR) is 92.6 cm³/mol. The Bertz CT molecular complexity index is 513. The molecule has 1 aliphatic rings. The first-order valence-corrected chi connectivity index (χ1v) is 8.74. The Morgan fingerprint density at radius 2 is 1.81 bits per heavy atom. The number of carbonyl (C=O) groups is 1. The number of benzene rings is 1. The van der Waals surface area contributed by atoms with Crippen LogP contribution in [0.25, 0.3) is 0 Å². The molecule has 0 spiro atoms. The summed E-state index contributed by atoms with van der Waals surface area (Å²) in [7, 11) is 0. The fourth-order valence-electron chi connectivity index (χ4n) is 3.12. The standard InChI is InChI=1S/C18H27NOS/c1-13-10-14(2)17(15(3)11-13)16(20)12-19-7-6-18(4,5)21-9-8-19/h10-11H,6-9,12H2,1-5H3. The number of Topliss-reactive ketones (excluding diaryl/α,β-unsaturated/α-hetero) is 1. The minimum absolute atomic E-state index is 0.273. The maximum Gasteiger partial charge on any atom is 0.177 e. The molecular formula is C18H27NOS. The zero-order valence-electron chi connectivity index (χ0n) is 14.0. The molecule has 1 heterocycles. The Balaban J connectivity index is 2.08. The Kier molecular flexibility index (Phi) is 5.15. The van der Waals surface area contributed by atoms with E-state index in [0.29, 0.717) is 11.3 Å². The lowest BCUT2D eigenvalue weighted by molar-refractivity contribution is 0.0932. The van der Waals surface area contributed by atoms with Crippen LogP contribution in [0.3, 0.4) is 0 Å². The van der Waals surface area contributed by atoms with Gasteiger partial charge in [-0.25, -0.2) is 0 Å². The number of rotatable bonds is 3. The van der Waals surface area contributed by atoms with Crippen LogP contribution in [0.2, 0.25) is 0 Å². The normalized spacial score (nSPS) is 19.3. The van der Waals surface area contributed by atoms with E-state index in [-0.39, 0.29) is 5.78 Å². The molecule has 0 atom stereocenters. The summed E-state index contributed by atoms with van der Waals surface area (Å²) in [6.07, 6.45) is 1.15. The zero-order chi connectivity index (χ0) is 15.6. The molecule has 3 heteroatoms. The molecule has 0 bridgehead atoms. The van der Waals surface area contributed by atoms with Crippen molar-refractivity contribution < 1.29 is 4.79 Å². The Morgan fingerprint density at radius 1 is 1.19 bits per heavy atom. The monoisotopic (exact) mass is 305 g/mol. The molecule has 1 aromatic rings. The van der Waals surface area contributed by atoms with Gasteiger partial charge >= 0.3 is 0 Å². The highest BCUT2D eigenvalue weighted by atomic mass is 32.2. The topological polar surface area (TPSA) is 20.3 Å². The number of ketones is 1. The van der Waals surface area contributed by atoms with E-state index in [4.69, 9.17) is 0 Å². The summed E-state index contributed by atoms with van der Waals surface area (Å²) in [6.45, 7) is 13.4. The summed E-state index contributed by atoms with van der Waals surface area (Å²) in [5, 5.41) is 0. The van der Waals surface area contributed by atoms with E-state index >= 15 is 0 Å². The van der Waals surface area contributed by atoms with Crippen LogP contribution in [0, 0.1) is 20.8 Å². The van der Waals surface area contributed by atoms with Gasteiger partial charge in [-0.05, 0) is 44.9 Å². The number of hydrogen-bond donors (Lipinski definition) is 0. The van der Waals surface area contributed by atoms with Gasteiger partial charge < -0.3 is 0 Å². The molecule has 0 aromatic heterocycles. The van der Waals surface area contributed by atoms with Gasteiger partial charge in [0.1, 0.15) is 0 Å². The van der Waals surface area contributed by atoms with E-state index in [2.05, 4.69) is 51.7 Å². The van der Waals surface area contributed by atoms with Gasteiger partial charge in [0.2, 0.25) is 0 Å². The summed E-state index contributed by atoms with van der Waals surface area (Å²) in [6, 6.07) is 4.23. The van der Waals surface area contributed by atoms with Crippen LogP contribution in [0.5, 0.6) is 0 Å². The van der Waals surface area contributed by atoms with Gasteiger partial charge in [-0.1, -0.05) is 31.5 Å². The molecule has 0 saturated carbocycles. The molecule has 1 fully saturated rings. The summed E-state index contributed by atoms with van der Waals surface area (Å²) in [4.78, 5) is 15.0. The van der Waals surface area contributed by atoms with Crippen molar-refractivity contribution in [2.24, 2.45) is 0 Å². The lowest BCUT2D eigenvalue weighted by Crippen LogP contribution is -2.33. The van der Waals surface area contributed by atoms with Gasteiger partial charge in [0, 0.05) is 22.6 Å². The fraction of sp³-hybridized carbons (Fsp3) is 0.611. The van der Waals surface area contributed by atoms with Crippen molar-refractivity contribution in [2.45, 2.75) is 45.8 Å². The fourth-order valence-corrected chi connectivity index (χ4v) is 4.26. The Morgan fingerprint density at radius 3 is 2.43 bits per heavy atom. The van der Waals surface area contributed by atoms with E-state index in [9.17, 15) is 4.79 Å². The first kappa shape index (κ1) is 16.6. The first-order chi connectivity index (χ1) is 9.78. The minimum atomic E-state index is 0.273. The van der Waals surface area contributed by atoms with E-state index < -0.39 is 0 Å². The highest BCUT2D eigenvalue weighted by molar-refractivity contribution is 8.00. The molecule has 2 rings (SSSR count). The second-order valence-electron chi connectivity index (χ2n) is 6.83. The van der Waals surface area contributed by atoms with E-state index in [1.54, 1.807) is 0 Å². The summed E-state index contributed by atoms with van der Waals surface area (Å²) >= 11 is 2.02. The van der Waals surface area contributed by atoms with Crippen molar-refractivity contribution in [2.75, 3.05) is 25.4 Å². The average Bonchev–Trinajstić information content (AvgIpc) is 2.49. The van der Waals surface area contributed by atoms with Crippen LogP contribution >= 0.6 is 11.8 Å². The highest BCUT2D eigenvalue weighted by Crippen LogP contribution is 2.30. The van der Waals surface area contributed by atoms with Crippen molar-refractivity contribution in [3.8, 4) is 0 Å². The molecular weight excluding hydrogens is 278 g/mol. The number of carbonyl (C=O) groups excluding carboxylic acids is 1. The van der Waals surface area contributed by atoms with E-state index in [1.807, 2.05) is 11.8 Å². The third-order valence-electron chi connectivity index (χ3n) is 4.25. The summed E-state index contributed by atoms with van der Waals surface area (Å²) < 4.78 is 0.341. The van der Waals surface area contributed by atoms with Gasteiger partial charge in [-0.2, -0.15) is 11.8 Å². The van der Waals surface area contributed by atoms with Gasteiger partial charge in [0.05, 0.1) is 6.54 Å². The quantitative estimate of drug-likeness (QED) is 0.787. The smallest absolute Gasteiger partial charge is 0.177 e. The highest BCUT2D eigenvalue weighted by Gasteiger charge is 2.25. The number of hydrogen-bond acceptors (Lipinski definition) is 3. The zero-order valence-corrected chi connectivity index (χ0v) is 14.8. The predicted octanol–water partition coefficient (Wildman–Crippen LogP) is 4.01. The van der Waals surface area contributed by atoms with Crippen molar-refractivity contribution in [1.29, 1.82) is 0 Å². The summed E-state index contributed by atoms with van der Waals surface area (Å²) in [5.41, 5.74) is 4.38. The van der Waals surface area contributed by atoms with Crippen LogP contribution in [0.4, 0.5) is 0 Å². The van der Waals surface area contributed by atoms with Crippen LogP contribution in [0.1, 0.15) is 47.3 Å². The molecule has 1 aromatic carbocycles. The SMILES string of the molecule is Cc1cc(C)c(C(=O)CN2CCSC(C)(C)CC2)c(C)c1. The van der Waals surface area contributed by atoms with E-state index in [0.717, 1.165) is 42.0 Å². The van der Waals surface area contributed by atoms with Crippen LogP contribution in [-0.4, -0.2) is 40.8 Å². The van der Waals surface area contributed by atoms with Gasteiger partial charge in [-0.3, -0.25) is 9.69 Å². The average molecular weight is 305 g/mol. The first-order valence-electron chi connectivity index (χ1n) is 7.76. The molecule has 0 amide bonds. The molecule has 116 valence electrons. The molecule has 2 nitrogen and oxygen atoms in total. The molecule has 0 N–H and O–H groups in total. The van der Waals surface area contributed by atoms with Crippen molar-refractivity contribution in [3.05, 3.63) is 34.4 Å². The van der Waals surface area contributed by atoms with Crippen LogP contribution < -0.4 is 0 Å². The van der Waals surface area contributed by atoms with Crippen molar-refractivity contribution in [1.82, 2.24) is 4.90 Å². The summed E-state index contributed by atoms with van der Waals surface area (Å²) in [5.74, 6) is 1.39. The lowest BCUT2D eigenvalue weighted by atomic mass is 9.96. The third kappa shape index (κ3) is 4.33. The van der Waals surface area contributed by atoms with Crippen LogP contribution in [-0.2, 0) is 0 Å². The van der Waals surface area contributed by atoms with Gasteiger partial charge in [-0.15, -0.1) is 0 Å². The second kappa shape index (κ2) is 6.53. The van der Waals surface area contributed by atoms with E-state index in [1.165, 1.54) is 5.56 Å². The largest absolute Gasteiger partial charge is 0.295 e. The number of thioether (sulfide) groups is 1. The van der Waals surface area contributed by atoms with Crippen LogP contribution in [0.15, 0.2) is 12.1 Å². The third-order valence-corrected chi connectivity index (χ3v) is 5.63. The second-order valence-corrected chi connectivity index (χ2v) is 8.63. The molecule has 1 saturated heterocycles. The molecule has 21 heavy (non-hydrogen) atoms. The molecule has 0 unspecified atom stereocenters. The van der Waals surface area contributed by atoms with Gasteiger partial charge in [0.25, 0.3) is 0 Å². The Hall–Kier alpha value is -0.800. The maximum atomic E-state index is 12.7. The van der Waals surface area contributed by atoms with Crippen molar-refractivity contribution in [3.63, 3.8) is 0 Å².